The van der Waals surface area contributed by atoms with Gasteiger partial charge in [0.15, 0.2) is 5.43 Å². The van der Waals surface area contributed by atoms with Gasteiger partial charge in [0.1, 0.15) is 0 Å². The molecule has 0 saturated heterocycles. The number of aromatic nitrogens is 1. The van der Waals surface area contributed by atoms with Gasteiger partial charge in [-0.3, -0.25) is 19.9 Å². The summed E-state index contributed by atoms with van der Waals surface area (Å²) < 4.78 is 0. The van der Waals surface area contributed by atoms with E-state index in [1.165, 1.54) is 24.3 Å². The molecular weight excluding hydrogens is 232 g/mol. The van der Waals surface area contributed by atoms with Gasteiger partial charge >= 0.3 is 0 Å². The summed E-state index contributed by atoms with van der Waals surface area (Å²) in [6.45, 7) is 0. The molecule has 0 radical (unpaired) electrons. The highest BCUT2D eigenvalue weighted by molar-refractivity contribution is 5.32. The van der Waals surface area contributed by atoms with Gasteiger partial charge in [-0.05, 0) is 24.3 Å². The van der Waals surface area contributed by atoms with Crippen LogP contribution in [0.5, 0.6) is 0 Å². The topological polar surface area (TPSA) is 73.1 Å². The highest BCUT2D eigenvalue weighted by atomic mass is 16.6. The number of hydrogen-bond donors (Lipinski definition) is 0. The summed E-state index contributed by atoms with van der Waals surface area (Å²) in [6, 6.07) is 10.7. The van der Waals surface area contributed by atoms with E-state index in [4.69, 9.17) is 0 Å². The second kappa shape index (κ2) is 5.18. The van der Waals surface area contributed by atoms with E-state index < -0.39 is 4.92 Å². The summed E-state index contributed by atoms with van der Waals surface area (Å²) in [4.78, 5) is 26.0. The molecule has 5 nitrogen and oxygen atoms in total. The third-order valence-corrected chi connectivity index (χ3v) is 2.49. The number of pyridine rings is 1. The van der Waals surface area contributed by atoms with Crippen molar-refractivity contribution in [3.8, 4) is 0 Å². The molecule has 0 atom stereocenters. The first-order valence-corrected chi connectivity index (χ1v) is 5.34. The van der Waals surface area contributed by atoms with Crippen molar-refractivity contribution in [1.82, 2.24) is 4.98 Å². The lowest BCUT2D eigenvalue weighted by atomic mass is 10.1. The molecule has 90 valence electrons. The predicted molar refractivity (Wildman–Crippen MR) is 66.4 cm³/mol. The molecule has 0 amide bonds. The van der Waals surface area contributed by atoms with Crippen molar-refractivity contribution >= 4 is 5.69 Å². The van der Waals surface area contributed by atoms with E-state index >= 15 is 0 Å². The van der Waals surface area contributed by atoms with E-state index in [2.05, 4.69) is 4.98 Å². The van der Waals surface area contributed by atoms with Crippen molar-refractivity contribution in [2.75, 3.05) is 0 Å². The first kappa shape index (κ1) is 11.9. The average molecular weight is 242 g/mol. The molecule has 2 rings (SSSR count). The van der Waals surface area contributed by atoms with Crippen LogP contribution in [0.3, 0.4) is 0 Å². The Balaban J connectivity index is 2.38. The molecule has 1 heterocycles. The Morgan fingerprint density at radius 2 is 1.89 bits per heavy atom. The van der Waals surface area contributed by atoms with Crippen LogP contribution in [0.2, 0.25) is 0 Å². The van der Waals surface area contributed by atoms with Crippen LogP contribution < -0.4 is 5.43 Å². The lowest BCUT2D eigenvalue weighted by Crippen LogP contribution is -2.05. The number of hydrogen-bond acceptors (Lipinski definition) is 4. The van der Waals surface area contributed by atoms with E-state index in [9.17, 15) is 14.9 Å². The van der Waals surface area contributed by atoms with Crippen LogP contribution in [0, 0.1) is 10.1 Å². The van der Waals surface area contributed by atoms with Crippen molar-refractivity contribution in [2.45, 2.75) is 6.42 Å². The summed E-state index contributed by atoms with van der Waals surface area (Å²) in [5, 5.41) is 10.6. The second-order valence-corrected chi connectivity index (χ2v) is 3.74. The maximum Gasteiger partial charge on any atom is 0.269 e. The Bertz CT molecular complexity index is 627. The van der Waals surface area contributed by atoms with E-state index in [-0.39, 0.29) is 11.1 Å². The maximum atomic E-state index is 11.7. The van der Waals surface area contributed by atoms with E-state index in [0.717, 1.165) is 5.69 Å². The smallest absolute Gasteiger partial charge is 0.269 e. The molecule has 0 bridgehead atoms. The van der Waals surface area contributed by atoms with Crippen LogP contribution in [0.15, 0.2) is 53.5 Å². The normalized spacial score (nSPS) is 10.0. The number of nitro groups is 1. The summed E-state index contributed by atoms with van der Waals surface area (Å²) in [5.74, 6) is 0. The van der Waals surface area contributed by atoms with Crippen LogP contribution in [0.1, 0.15) is 11.3 Å². The molecule has 0 fully saturated rings. The van der Waals surface area contributed by atoms with Crippen molar-refractivity contribution in [1.29, 1.82) is 0 Å². The van der Waals surface area contributed by atoms with Crippen LogP contribution in [-0.4, -0.2) is 9.91 Å². The van der Waals surface area contributed by atoms with Gasteiger partial charge in [0.2, 0.25) is 0 Å². The summed E-state index contributed by atoms with van der Waals surface area (Å²) in [7, 11) is 0. The van der Waals surface area contributed by atoms with Gasteiger partial charge in [-0.15, -0.1) is 0 Å². The zero-order valence-electron chi connectivity index (χ0n) is 9.45. The van der Waals surface area contributed by atoms with Crippen LogP contribution in [0.4, 0.5) is 5.69 Å². The monoisotopic (exact) mass is 242 g/mol. The van der Waals surface area contributed by atoms with Crippen molar-refractivity contribution in [3.05, 3.63) is 80.3 Å². The Kier molecular flexibility index (Phi) is 3.43. The fourth-order valence-corrected chi connectivity index (χ4v) is 1.56. The summed E-state index contributed by atoms with van der Waals surface area (Å²) in [5.41, 5.74) is 0.915. The van der Waals surface area contributed by atoms with E-state index in [0.29, 0.717) is 12.0 Å². The predicted octanol–water partition coefficient (Wildman–Crippen LogP) is 1.94. The zero-order chi connectivity index (χ0) is 13.0. The van der Waals surface area contributed by atoms with E-state index in [1.807, 2.05) is 6.07 Å². The summed E-state index contributed by atoms with van der Waals surface area (Å²) in [6.07, 6.45) is 2.01. The third-order valence-electron chi connectivity index (χ3n) is 2.49. The molecule has 0 aliphatic rings. The SMILES string of the molecule is O=c1ccc([N+](=O)[O-])ccc1Cc1ccccn1. The molecule has 18 heavy (non-hydrogen) atoms. The number of rotatable bonds is 3. The molecule has 5 heteroatoms. The quantitative estimate of drug-likeness (QED) is 0.609. The van der Waals surface area contributed by atoms with Gasteiger partial charge in [0.25, 0.3) is 5.69 Å². The highest BCUT2D eigenvalue weighted by Gasteiger charge is 2.05. The molecule has 0 aliphatic carbocycles. The molecular formula is C13H10N2O3. The summed E-state index contributed by atoms with van der Waals surface area (Å²) >= 11 is 0. The zero-order valence-corrected chi connectivity index (χ0v) is 9.45. The van der Waals surface area contributed by atoms with Gasteiger partial charge in [0.05, 0.1) is 4.92 Å². The fourth-order valence-electron chi connectivity index (χ4n) is 1.56. The van der Waals surface area contributed by atoms with Gasteiger partial charge in [-0.1, -0.05) is 6.07 Å². The van der Waals surface area contributed by atoms with Gasteiger partial charge in [-0.25, -0.2) is 0 Å². The molecule has 1 aromatic carbocycles. The molecule has 0 spiro atoms. The fraction of sp³-hybridized carbons (Fsp3) is 0.0769. The highest BCUT2D eigenvalue weighted by Crippen LogP contribution is 2.09. The first-order chi connectivity index (χ1) is 8.66. The Labute approximate surface area is 103 Å². The Morgan fingerprint density at radius 3 is 2.56 bits per heavy atom. The van der Waals surface area contributed by atoms with E-state index in [1.54, 1.807) is 18.3 Å². The van der Waals surface area contributed by atoms with Crippen LogP contribution in [-0.2, 0) is 6.42 Å². The Morgan fingerprint density at radius 1 is 1.11 bits per heavy atom. The molecule has 1 aromatic heterocycles. The molecule has 0 saturated carbocycles. The Hall–Kier alpha value is -2.56. The lowest BCUT2D eigenvalue weighted by Gasteiger charge is -1.96. The van der Waals surface area contributed by atoms with Gasteiger partial charge in [0, 0.05) is 36.0 Å². The largest absolute Gasteiger partial charge is 0.290 e. The molecule has 2 aromatic rings. The second-order valence-electron chi connectivity index (χ2n) is 3.74. The first-order valence-electron chi connectivity index (χ1n) is 5.34. The molecule has 0 N–H and O–H groups in total. The minimum Gasteiger partial charge on any atom is -0.290 e. The van der Waals surface area contributed by atoms with Crippen molar-refractivity contribution < 1.29 is 4.92 Å². The minimum absolute atomic E-state index is 0.0978. The minimum atomic E-state index is -0.524. The maximum absolute atomic E-state index is 11.7. The van der Waals surface area contributed by atoms with Gasteiger partial charge < -0.3 is 0 Å². The van der Waals surface area contributed by atoms with Crippen LogP contribution >= 0.6 is 0 Å². The molecule has 0 aliphatic heterocycles. The third kappa shape index (κ3) is 2.76. The van der Waals surface area contributed by atoms with Crippen LogP contribution in [0.25, 0.3) is 0 Å². The number of nitrogens with zero attached hydrogens (tertiary/aromatic N) is 2. The van der Waals surface area contributed by atoms with Gasteiger partial charge in [-0.2, -0.15) is 0 Å². The average Bonchev–Trinajstić information content (AvgIpc) is 2.54. The standard InChI is InChI=1S/C13H10N2O3/c16-13-7-6-12(15(17)18)5-4-10(13)9-11-3-1-2-8-14-11/h1-8H,9H2. The lowest BCUT2D eigenvalue weighted by molar-refractivity contribution is -0.384. The molecule has 0 unspecified atom stereocenters. The van der Waals surface area contributed by atoms with Crippen molar-refractivity contribution in [3.63, 3.8) is 0 Å². The van der Waals surface area contributed by atoms with Crippen molar-refractivity contribution in [2.24, 2.45) is 0 Å².